The topological polar surface area (TPSA) is 54.0 Å². The minimum Gasteiger partial charge on any atom is -0.351 e. The largest absolute Gasteiger partial charge is 0.351 e. The summed E-state index contributed by atoms with van der Waals surface area (Å²) in [6.45, 7) is 5.04. The van der Waals surface area contributed by atoms with E-state index in [1.54, 1.807) is 6.20 Å². The monoisotopic (exact) mass is 283 g/mol. The van der Waals surface area contributed by atoms with Crippen molar-refractivity contribution in [1.82, 2.24) is 15.6 Å². The minimum absolute atomic E-state index is 0.00615. The van der Waals surface area contributed by atoms with Gasteiger partial charge in [0.1, 0.15) is 0 Å². The van der Waals surface area contributed by atoms with Crippen LogP contribution in [0.4, 0.5) is 0 Å². The summed E-state index contributed by atoms with van der Waals surface area (Å²) in [5, 5.41) is 7.38. The van der Waals surface area contributed by atoms with Crippen LogP contribution in [-0.4, -0.2) is 30.5 Å². The fourth-order valence-corrected chi connectivity index (χ4v) is 2.90. The van der Waals surface area contributed by atoms with E-state index in [2.05, 4.69) is 22.5 Å². The lowest BCUT2D eigenvalue weighted by Gasteiger charge is -2.34. The Labute approximate surface area is 125 Å². The van der Waals surface area contributed by atoms with E-state index in [0.29, 0.717) is 5.56 Å². The first-order valence-corrected chi connectivity index (χ1v) is 7.51. The van der Waals surface area contributed by atoms with Gasteiger partial charge in [0.25, 0.3) is 5.91 Å². The normalized spacial score (nSPS) is 17.6. The molecule has 0 unspecified atom stereocenters. The molecule has 0 saturated carbocycles. The molecule has 21 heavy (non-hydrogen) atoms. The van der Waals surface area contributed by atoms with Crippen molar-refractivity contribution in [3.63, 3.8) is 0 Å². The molecule has 2 aromatic rings. The summed E-state index contributed by atoms with van der Waals surface area (Å²) < 4.78 is 0. The lowest BCUT2D eigenvalue weighted by molar-refractivity contribution is 0.0924. The van der Waals surface area contributed by atoms with Crippen LogP contribution in [-0.2, 0) is 0 Å². The standard InChI is InChI=1S/C17H21N3O/c1-17(7-10-18-11-8-17)12-20-16(21)14-4-2-6-15-13(14)5-3-9-19-15/h2-6,9,18H,7-8,10-12H2,1H3,(H,20,21). The molecule has 4 heteroatoms. The highest BCUT2D eigenvalue weighted by atomic mass is 16.1. The number of nitrogens with one attached hydrogen (secondary N) is 2. The highest BCUT2D eigenvalue weighted by Gasteiger charge is 2.27. The third kappa shape index (κ3) is 3.05. The molecule has 1 aliphatic rings. The lowest BCUT2D eigenvalue weighted by Crippen LogP contribution is -2.42. The first-order chi connectivity index (χ1) is 10.2. The van der Waals surface area contributed by atoms with Crippen molar-refractivity contribution in [2.45, 2.75) is 19.8 Å². The molecule has 0 spiro atoms. The molecule has 2 N–H and O–H groups in total. The minimum atomic E-state index is -0.00615. The molecule has 1 amide bonds. The van der Waals surface area contributed by atoms with Crippen molar-refractivity contribution in [1.29, 1.82) is 0 Å². The summed E-state index contributed by atoms with van der Waals surface area (Å²) in [4.78, 5) is 16.8. The summed E-state index contributed by atoms with van der Waals surface area (Å²) in [6, 6.07) is 9.50. The summed E-state index contributed by atoms with van der Waals surface area (Å²) >= 11 is 0. The molecule has 1 fully saturated rings. The molecule has 1 aliphatic heterocycles. The van der Waals surface area contributed by atoms with Crippen molar-refractivity contribution >= 4 is 16.8 Å². The maximum atomic E-state index is 12.5. The molecule has 0 radical (unpaired) electrons. The van der Waals surface area contributed by atoms with Crippen molar-refractivity contribution < 1.29 is 4.79 Å². The van der Waals surface area contributed by atoms with Gasteiger partial charge in [0.15, 0.2) is 0 Å². The highest BCUT2D eigenvalue weighted by molar-refractivity contribution is 6.06. The number of pyridine rings is 1. The Balaban J connectivity index is 1.75. The zero-order valence-corrected chi connectivity index (χ0v) is 12.4. The van der Waals surface area contributed by atoms with Crippen LogP contribution >= 0.6 is 0 Å². The highest BCUT2D eigenvalue weighted by Crippen LogP contribution is 2.27. The van der Waals surface area contributed by atoms with Gasteiger partial charge in [-0.05, 0) is 49.5 Å². The van der Waals surface area contributed by atoms with E-state index >= 15 is 0 Å². The molecular weight excluding hydrogens is 262 g/mol. The van der Waals surface area contributed by atoms with E-state index in [-0.39, 0.29) is 11.3 Å². The van der Waals surface area contributed by atoms with Crippen molar-refractivity contribution in [3.05, 3.63) is 42.1 Å². The fraction of sp³-hybridized carbons (Fsp3) is 0.412. The van der Waals surface area contributed by atoms with Gasteiger partial charge < -0.3 is 10.6 Å². The van der Waals surface area contributed by atoms with E-state index in [4.69, 9.17) is 0 Å². The number of rotatable bonds is 3. The maximum absolute atomic E-state index is 12.5. The second kappa shape index (κ2) is 5.82. The second-order valence-electron chi connectivity index (χ2n) is 6.12. The number of carbonyl (C=O) groups excluding carboxylic acids is 1. The van der Waals surface area contributed by atoms with Crippen LogP contribution < -0.4 is 10.6 Å². The average Bonchev–Trinajstić information content (AvgIpc) is 2.53. The van der Waals surface area contributed by atoms with Crippen LogP contribution in [0.2, 0.25) is 0 Å². The number of hydrogen-bond acceptors (Lipinski definition) is 3. The van der Waals surface area contributed by atoms with Gasteiger partial charge in [-0.25, -0.2) is 0 Å². The zero-order chi connectivity index (χ0) is 14.7. The fourth-order valence-electron chi connectivity index (χ4n) is 2.90. The van der Waals surface area contributed by atoms with Gasteiger partial charge in [0.05, 0.1) is 5.52 Å². The lowest BCUT2D eigenvalue weighted by atomic mass is 9.81. The predicted molar refractivity (Wildman–Crippen MR) is 84.3 cm³/mol. The smallest absolute Gasteiger partial charge is 0.251 e. The van der Waals surface area contributed by atoms with Crippen molar-refractivity contribution in [3.8, 4) is 0 Å². The SMILES string of the molecule is CC1(CNC(=O)c2cccc3ncccc23)CCNCC1. The van der Waals surface area contributed by atoms with Gasteiger partial charge in [-0.2, -0.15) is 0 Å². The average molecular weight is 283 g/mol. The third-order valence-electron chi connectivity index (χ3n) is 4.38. The van der Waals surface area contributed by atoms with Gasteiger partial charge in [-0.15, -0.1) is 0 Å². The Morgan fingerprint density at radius 2 is 2.10 bits per heavy atom. The van der Waals surface area contributed by atoms with Crippen LogP contribution in [0.3, 0.4) is 0 Å². The first-order valence-electron chi connectivity index (χ1n) is 7.51. The molecule has 1 aromatic carbocycles. The number of carbonyl (C=O) groups is 1. The molecule has 2 heterocycles. The van der Waals surface area contributed by atoms with Crippen molar-refractivity contribution in [2.24, 2.45) is 5.41 Å². The van der Waals surface area contributed by atoms with E-state index < -0.39 is 0 Å². The zero-order valence-electron chi connectivity index (χ0n) is 12.4. The van der Waals surface area contributed by atoms with E-state index in [9.17, 15) is 4.79 Å². The number of amides is 1. The quantitative estimate of drug-likeness (QED) is 0.909. The first kappa shape index (κ1) is 14.0. The van der Waals surface area contributed by atoms with Gasteiger partial charge >= 0.3 is 0 Å². The van der Waals surface area contributed by atoms with Crippen molar-refractivity contribution in [2.75, 3.05) is 19.6 Å². The molecule has 1 aromatic heterocycles. The van der Waals surface area contributed by atoms with Crippen LogP contribution in [0.25, 0.3) is 10.9 Å². The predicted octanol–water partition coefficient (Wildman–Crippen LogP) is 2.35. The summed E-state index contributed by atoms with van der Waals surface area (Å²) in [5.41, 5.74) is 1.76. The van der Waals surface area contributed by atoms with Gasteiger partial charge in [0.2, 0.25) is 0 Å². The Bertz CT molecular complexity index is 642. The number of piperidine rings is 1. The third-order valence-corrected chi connectivity index (χ3v) is 4.38. The Morgan fingerprint density at radius 1 is 1.29 bits per heavy atom. The molecule has 110 valence electrons. The molecule has 3 rings (SSSR count). The van der Waals surface area contributed by atoms with Gasteiger partial charge in [0, 0.05) is 23.7 Å². The Morgan fingerprint density at radius 3 is 2.90 bits per heavy atom. The number of benzene rings is 1. The maximum Gasteiger partial charge on any atom is 0.251 e. The summed E-state index contributed by atoms with van der Waals surface area (Å²) in [5.74, 6) is -0.00615. The molecule has 4 nitrogen and oxygen atoms in total. The molecular formula is C17H21N3O. The number of aromatic nitrogens is 1. The molecule has 0 atom stereocenters. The number of hydrogen-bond donors (Lipinski definition) is 2. The van der Waals surface area contributed by atoms with E-state index in [0.717, 1.165) is 43.4 Å². The van der Waals surface area contributed by atoms with E-state index in [1.165, 1.54) is 0 Å². The second-order valence-corrected chi connectivity index (χ2v) is 6.12. The van der Waals surface area contributed by atoms with Gasteiger partial charge in [-0.3, -0.25) is 9.78 Å². The van der Waals surface area contributed by atoms with Crippen LogP contribution in [0.15, 0.2) is 36.5 Å². The van der Waals surface area contributed by atoms with Crippen LogP contribution in [0.1, 0.15) is 30.1 Å². The molecule has 0 bridgehead atoms. The molecule has 1 saturated heterocycles. The number of fused-ring (bicyclic) bond motifs is 1. The van der Waals surface area contributed by atoms with E-state index in [1.807, 2.05) is 30.3 Å². The number of nitrogens with zero attached hydrogens (tertiary/aromatic N) is 1. The van der Waals surface area contributed by atoms with Crippen LogP contribution in [0.5, 0.6) is 0 Å². The van der Waals surface area contributed by atoms with Gasteiger partial charge in [-0.1, -0.05) is 19.1 Å². The summed E-state index contributed by atoms with van der Waals surface area (Å²) in [7, 11) is 0. The molecule has 0 aliphatic carbocycles. The Kier molecular flexibility index (Phi) is 3.88. The van der Waals surface area contributed by atoms with Crippen LogP contribution in [0, 0.1) is 5.41 Å². The Hall–Kier alpha value is -1.94. The summed E-state index contributed by atoms with van der Waals surface area (Å²) in [6.07, 6.45) is 3.95.